The second-order valence-corrected chi connectivity index (χ2v) is 11.2. The maximum atomic E-state index is 15.1. The van der Waals surface area contributed by atoms with Gasteiger partial charge in [-0.3, -0.25) is 0 Å². The van der Waals surface area contributed by atoms with Gasteiger partial charge in [-0.25, -0.2) is 22.4 Å². The molecule has 0 bridgehead atoms. The number of hydrogen-bond acceptors (Lipinski definition) is 3. The predicted molar refractivity (Wildman–Crippen MR) is 145 cm³/mol. The number of benzene rings is 3. The van der Waals surface area contributed by atoms with E-state index in [0.29, 0.717) is 11.6 Å². The molecule has 2 amide bonds. The lowest BCUT2D eigenvalue weighted by molar-refractivity contribution is -0.253. The standard InChI is InChI=1S/C31H29F8N3O2/c32-22-11-21(12-25(13-22)44-31(38,39)27(34)35)30(14-18-4-2-1-3-5-18,42-28(43)41-24-15-29(36,37)16-24)20-6-9-26(33)19(10-20)17-40-23-7-8-23/h1-6,9-13,23-24,27,40H,7-8,14-17H2,(H2,41,42,43). The maximum absolute atomic E-state index is 15.1. The molecule has 236 valence electrons. The lowest BCUT2D eigenvalue weighted by Gasteiger charge is -2.39. The zero-order chi connectivity index (χ0) is 31.7. The van der Waals surface area contributed by atoms with E-state index in [9.17, 15) is 35.5 Å². The van der Waals surface area contributed by atoms with Crippen LogP contribution in [0, 0.1) is 11.6 Å². The van der Waals surface area contributed by atoms with Crippen molar-refractivity contribution < 1.29 is 44.7 Å². The molecule has 0 radical (unpaired) electrons. The van der Waals surface area contributed by atoms with Gasteiger partial charge >= 0.3 is 18.6 Å². The van der Waals surface area contributed by atoms with Gasteiger partial charge in [0.2, 0.25) is 0 Å². The first-order chi connectivity index (χ1) is 20.7. The molecular weight excluding hydrogens is 598 g/mol. The van der Waals surface area contributed by atoms with Crippen LogP contribution < -0.4 is 20.7 Å². The van der Waals surface area contributed by atoms with Crippen molar-refractivity contribution >= 4 is 6.03 Å². The third-order valence-corrected chi connectivity index (χ3v) is 7.63. The Morgan fingerprint density at radius 1 is 0.932 bits per heavy atom. The van der Waals surface area contributed by atoms with Crippen LogP contribution >= 0.6 is 0 Å². The fraction of sp³-hybridized carbons (Fsp3) is 0.387. The quantitative estimate of drug-likeness (QED) is 0.189. The number of carbonyl (C=O) groups excluding carboxylic acids is 1. The molecule has 0 spiro atoms. The van der Waals surface area contributed by atoms with Crippen molar-refractivity contribution in [2.75, 3.05) is 0 Å². The number of amides is 2. The topological polar surface area (TPSA) is 62.4 Å². The largest absolute Gasteiger partial charge is 0.461 e. The normalized spacial score (nSPS) is 17.9. The third-order valence-electron chi connectivity index (χ3n) is 7.63. The second kappa shape index (κ2) is 12.3. The summed E-state index contributed by atoms with van der Waals surface area (Å²) in [5, 5.41) is 8.34. The van der Waals surface area contributed by atoms with Gasteiger partial charge in [0.25, 0.3) is 5.92 Å². The number of alkyl halides is 6. The molecule has 0 saturated heterocycles. The number of hydrogen-bond donors (Lipinski definition) is 3. The first-order valence-electron chi connectivity index (χ1n) is 13.9. The molecule has 2 aliphatic rings. The van der Waals surface area contributed by atoms with Crippen molar-refractivity contribution in [2.24, 2.45) is 0 Å². The van der Waals surface area contributed by atoms with E-state index in [1.54, 1.807) is 30.3 Å². The predicted octanol–water partition coefficient (Wildman–Crippen LogP) is 7.04. The third kappa shape index (κ3) is 7.43. The summed E-state index contributed by atoms with van der Waals surface area (Å²) in [6.45, 7) is 0.104. The molecule has 13 heteroatoms. The molecule has 2 aliphatic carbocycles. The average molecular weight is 628 g/mol. The fourth-order valence-corrected chi connectivity index (χ4v) is 5.23. The van der Waals surface area contributed by atoms with Crippen molar-refractivity contribution in [1.82, 2.24) is 16.0 Å². The SMILES string of the molecule is O=C(NC1CC(F)(F)C1)NC(Cc1ccccc1)(c1cc(F)cc(OC(F)(F)C(F)F)c1)c1ccc(F)c(CNC2CC2)c1. The van der Waals surface area contributed by atoms with Crippen LogP contribution in [-0.4, -0.2) is 36.6 Å². The lowest BCUT2D eigenvalue weighted by atomic mass is 9.77. The molecule has 0 heterocycles. The van der Waals surface area contributed by atoms with E-state index >= 15 is 4.39 Å². The van der Waals surface area contributed by atoms with E-state index in [0.717, 1.165) is 31.0 Å². The smallest absolute Gasteiger partial charge is 0.428 e. The van der Waals surface area contributed by atoms with Crippen LogP contribution in [0.5, 0.6) is 5.75 Å². The van der Waals surface area contributed by atoms with Crippen LogP contribution in [0.4, 0.5) is 39.9 Å². The number of urea groups is 1. The zero-order valence-corrected chi connectivity index (χ0v) is 23.2. The molecule has 2 fully saturated rings. The summed E-state index contributed by atoms with van der Waals surface area (Å²) in [7, 11) is 0. The Hall–Kier alpha value is -3.87. The van der Waals surface area contributed by atoms with Crippen LogP contribution in [0.25, 0.3) is 0 Å². The summed E-state index contributed by atoms with van der Waals surface area (Å²) in [5.41, 5.74) is -1.15. The van der Waals surface area contributed by atoms with Crippen molar-refractivity contribution in [1.29, 1.82) is 0 Å². The van der Waals surface area contributed by atoms with Crippen LogP contribution in [-0.2, 0) is 18.5 Å². The Labute approximate surface area is 248 Å². The molecule has 2 saturated carbocycles. The number of nitrogens with one attached hydrogen (secondary N) is 3. The van der Waals surface area contributed by atoms with Crippen LogP contribution in [0.2, 0.25) is 0 Å². The van der Waals surface area contributed by atoms with Crippen molar-refractivity contribution in [3.63, 3.8) is 0 Å². The van der Waals surface area contributed by atoms with E-state index in [1.807, 2.05) is 0 Å². The van der Waals surface area contributed by atoms with Crippen molar-refractivity contribution in [3.8, 4) is 5.75 Å². The van der Waals surface area contributed by atoms with Gasteiger partial charge in [-0.1, -0.05) is 36.4 Å². The maximum Gasteiger partial charge on any atom is 0.461 e. The summed E-state index contributed by atoms with van der Waals surface area (Å²) in [6.07, 6.45) is -8.76. The van der Waals surface area contributed by atoms with E-state index in [2.05, 4.69) is 20.7 Å². The van der Waals surface area contributed by atoms with E-state index in [-0.39, 0.29) is 35.7 Å². The summed E-state index contributed by atoms with van der Waals surface area (Å²) < 4.78 is 115. The Balaban J connectivity index is 1.63. The van der Waals surface area contributed by atoms with Crippen LogP contribution in [0.3, 0.4) is 0 Å². The molecule has 5 nitrogen and oxygen atoms in total. The highest BCUT2D eigenvalue weighted by Crippen LogP contribution is 2.40. The highest BCUT2D eigenvalue weighted by Gasteiger charge is 2.47. The Morgan fingerprint density at radius 2 is 1.64 bits per heavy atom. The zero-order valence-electron chi connectivity index (χ0n) is 23.2. The van der Waals surface area contributed by atoms with Gasteiger partial charge in [0.05, 0.1) is 5.54 Å². The minimum atomic E-state index is -4.97. The molecule has 3 aromatic carbocycles. The van der Waals surface area contributed by atoms with Gasteiger partial charge < -0.3 is 20.7 Å². The Bertz CT molecular complexity index is 1480. The fourth-order valence-electron chi connectivity index (χ4n) is 5.23. The van der Waals surface area contributed by atoms with Gasteiger partial charge in [0, 0.05) is 49.5 Å². The van der Waals surface area contributed by atoms with E-state index in [1.165, 1.54) is 12.1 Å². The monoisotopic (exact) mass is 627 g/mol. The first kappa shape index (κ1) is 31.6. The molecule has 1 atom stereocenters. The van der Waals surface area contributed by atoms with E-state index in [4.69, 9.17) is 0 Å². The van der Waals surface area contributed by atoms with Gasteiger partial charge in [-0.05, 0) is 53.8 Å². The van der Waals surface area contributed by atoms with Gasteiger partial charge in [-0.15, -0.1) is 0 Å². The van der Waals surface area contributed by atoms with Crippen molar-refractivity contribution in [2.45, 2.75) is 74.7 Å². The number of ether oxygens (including phenoxy) is 1. The Kier molecular flexibility index (Phi) is 8.79. The van der Waals surface area contributed by atoms with Gasteiger partial charge in [0.1, 0.15) is 17.4 Å². The minimum Gasteiger partial charge on any atom is -0.428 e. The number of halogens is 8. The molecule has 1 unspecified atom stereocenters. The van der Waals surface area contributed by atoms with Crippen LogP contribution in [0.1, 0.15) is 47.9 Å². The summed E-state index contributed by atoms with van der Waals surface area (Å²) >= 11 is 0. The summed E-state index contributed by atoms with van der Waals surface area (Å²) in [5.74, 6) is -5.65. The summed E-state index contributed by atoms with van der Waals surface area (Å²) in [6, 6.07) is 12.9. The average Bonchev–Trinajstić information content (AvgIpc) is 3.76. The first-order valence-corrected chi connectivity index (χ1v) is 13.9. The highest BCUT2D eigenvalue weighted by molar-refractivity contribution is 5.77. The molecule has 0 aromatic heterocycles. The van der Waals surface area contributed by atoms with Crippen molar-refractivity contribution in [3.05, 3.63) is 101 Å². The molecule has 0 aliphatic heterocycles. The number of carbonyl (C=O) groups is 1. The Morgan fingerprint density at radius 3 is 2.27 bits per heavy atom. The highest BCUT2D eigenvalue weighted by atomic mass is 19.3. The molecule has 44 heavy (non-hydrogen) atoms. The molecule has 3 aromatic rings. The molecule has 5 rings (SSSR count). The van der Waals surface area contributed by atoms with E-state index < -0.39 is 66.3 Å². The molecular formula is C31H29F8N3O2. The number of rotatable bonds is 12. The van der Waals surface area contributed by atoms with Gasteiger partial charge in [0.15, 0.2) is 0 Å². The molecule has 3 N–H and O–H groups in total. The van der Waals surface area contributed by atoms with Gasteiger partial charge in [-0.2, -0.15) is 17.6 Å². The summed E-state index contributed by atoms with van der Waals surface area (Å²) in [4.78, 5) is 13.4. The lowest BCUT2D eigenvalue weighted by Crippen LogP contribution is -2.58. The van der Waals surface area contributed by atoms with Crippen LogP contribution in [0.15, 0.2) is 66.7 Å². The second-order valence-electron chi connectivity index (χ2n) is 11.2. The minimum absolute atomic E-state index is 0.104.